The highest BCUT2D eigenvalue weighted by atomic mass is 16.1. The van der Waals surface area contributed by atoms with Gasteiger partial charge in [0.05, 0.1) is 5.69 Å². The predicted octanol–water partition coefficient (Wildman–Crippen LogP) is 2.15. The molecule has 0 unspecified atom stereocenters. The third kappa shape index (κ3) is 2.25. The molecule has 2 aromatic heterocycles. The lowest BCUT2D eigenvalue weighted by molar-refractivity contribution is 0.102. The Labute approximate surface area is 100 Å². The van der Waals surface area contributed by atoms with Crippen molar-refractivity contribution in [3.05, 3.63) is 47.0 Å². The zero-order chi connectivity index (χ0) is 12.4. The second-order valence-electron chi connectivity index (χ2n) is 4.00. The number of rotatable bonds is 3. The molecule has 0 bridgehead atoms. The molecule has 0 saturated carbocycles. The quantitative estimate of drug-likeness (QED) is 0.758. The highest BCUT2D eigenvalue weighted by Crippen LogP contribution is 2.11. The monoisotopic (exact) mass is 229 g/mol. The highest BCUT2D eigenvalue weighted by Gasteiger charge is 2.15. The molecule has 2 heterocycles. The van der Waals surface area contributed by atoms with Crippen molar-refractivity contribution in [3.63, 3.8) is 0 Å². The van der Waals surface area contributed by atoms with Crippen LogP contribution >= 0.6 is 0 Å². The molecule has 0 saturated heterocycles. The number of aryl methyl sites for hydroxylation is 3. The number of carbonyl (C=O) groups excluding carboxylic acids is 1. The molecule has 0 aliphatic carbocycles. The summed E-state index contributed by atoms with van der Waals surface area (Å²) in [6.45, 7) is 6.43. The molecule has 0 N–H and O–H groups in total. The minimum Gasteiger partial charge on any atom is -0.287 e. The number of nitrogens with zero attached hydrogens (tertiary/aromatic N) is 3. The molecule has 0 atom stereocenters. The Morgan fingerprint density at radius 3 is 2.71 bits per heavy atom. The van der Waals surface area contributed by atoms with Gasteiger partial charge in [-0.1, -0.05) is 0 Å². The van der Waals surface area contributed by atoms with E-state index in [1.54, 1.807) is 23.0 Å². The fourth-order valence-corrected chi connectivity index (χ4v) is 1.80. The van der Waals surface area contributed by atoms with Crippen molar-refractivity contribution in [2.24, 2.45) is 0 Å². The smallest absolute Gasteiger partial charge is 0.211 e. The summed E-state index contributed by atoms with van der Waals surface area (Å²) in [4.78, 5) is 16.4. The van der Waals surface area contributed by atoms with Crippen LogP contribution in [0, 0.1) is 13.8 Å². The molecular formula is C13H15N3O. The van der Waals surface area contributed by atoms with Gasteiger partial charge in [-0.3, -0.25) is 14.5 Å². The molecule has 0 aliphatic heterocycles. The van der Waals surface area contributed by atoms with E-state index >= 15 is 0 Å². The first-order valence-electron chi connectivity index (χ1n) is 5.63. The second kappa shape index (κ2) is 4.49. The number of ketones is 1. The van der Waals surface area contributed by atoms with Crippen molar-refractivity contribution >= 4 is 5.78 Å². The average Bonchev–Trinajstić information content (AvgIpc) is 2.69. The van der Waals surface area contributed by atoms with Crippen LogP contribution in [0.15, 0.2) is 24.4 Å². The lowest BCUT2D eigenvalue weighted by Crippen LogP contribution is -2.10. The fourth-order valence-electron chi connectivity index (χ4n) is 1.80. The summed E-state index contributed by atoms with van der Waals surface area (Å²) in [5, 5.41) is 4.28. The Balaban J connectivity index is 2.43. The summed E-state index contributed by atoms with van der Waals surface area (Å²) < 4.78 is 1.73. The van der Waals surface area contributed by atoms with Crippen LogP contribution in [0.4, 0.5) is 0 Å². The molecule has 0 fully saturated rings. The molecule has 4 heteroatoms. The lowest BCUT2D eigenvalue weighted by Gasteiger charge is -2.04. The van der Waals surface area contributed by atoms with E-state index in [1.165, 1.54) is 0 Å². The number of carbonyl (C=O) groups is 1. The third-order valence-corrected chi connectivity index (χ3v) is 2.59. The van der Waals surface area contributed by atoms with E-state index in [9.17, 15) is 4.79 Å². The van der Waals surface area contributed by atoms with E-state index in [1.807, 2.05) is 26.8 Å². The average molecular weight is 229 g/mol. The van der Waals surface area contributed by atoms with E-state index in [2.05, 4.69) is 10.1 Å². The van der Waals surface area contributed by atoms with Crippen LogP contribution in [-0.2, 0) is 6.54 Å². The number of hydrogen-bond donors (Lipinski definition) is 0. The maximum atomic E-state index is 12.3. The minimum atomic E-state index is -0.00190. The van der Waals surface area contributed by atoms with E-state index in [0.29, 0.717) is 17.8 Å². The Morgan fingerprint density at radius 1 is 1.29 bits per heavy atom. The lowest BCUT2D eigenvalue weighted by atomic mass is 10.1. The van der Waals surface area contributed by atoms with Gasteiger partial charge >= 0.3 is 0 Å². The van der Waals surface area contributed by atoms with Gasteiger partial charge in [0.15, 0.2) is 0 Å². The summed E-state index contributed by atoms with van der Waals surface area (Å²) in [5.74, 6) is -0.00190. The summed E-state index contributed by atoms with van der Waals surface area (Å²) >= 11 is 0. The number of aromatic nitrogens is 3. The molecule has 0 aromatic carbocycles. The van der Waals surface area contributed by atoms with Crippen LogP contribution in [0.5, 0.6) is 0 Å². The Morgan fingerprint density at radius 2 is 2.06 bits per heavy atom. The van der Waals surface area contributed by atoms with Gasteiger partial charge in [-0.25, -0.2) is 0 Å². The molecule has 2 aromatic rings. The first kappa shape index (κ1) is 11.5. The molecule has 4 nitrogen and oxygen atoms in total. The van der Waals surface area contributed by atoms with Gasteiger partial charge < -0.3 is 0 Å². The van der Waals surface area contributed by atoms with Gasteiger partial charge in [0.2, 0.25) is 5.78 Å². The molecule has 0 spiro atoms. The van der Waals surface area contributed by atoms with Crippen LogP contribution in [0.2, 0.25) is 0 Å². The van der Waals surface area contributed by atoms with Gasteiger partial charge in [0, 0.05) is 24.0 Å². The molecular weight excluding hydrogens is 214 g/mol. The maximum absolute atomic E-state index is 12.3. The minimum absolute atomic E-state index is 0.00190. The molecule has 0 amide bonds. The SMILES string of the molecule is CCn1nc(C)cc1C(=O)c1ccnc(C)c1. The Kier molecular flexibility index (Phi) is 3.04. The van der Waals surface area contributed by atoms with Gasteiger partial charge in [-0.05, 0) is 39.0 Å². The van der Waals surface area contributed by atoms with Gasteiger partial charge in [0.25, 0.3) is 0 Å². The van der Waals surface area contributed by atoms with Crippen LogP contribution < -0.4 is 0 Å². The van der Waals surface area contributed by atoms with E-state index in [0.717, 1.165) is 11.4 Å². The largest absolute Gasteiger partial charge is 0.287 e. The van der Waals surface area contributed by atoms with E-state index in [-0.39, 0.29) is 5.78 Å². The van der Waals surface area contributed by atoms with Gasteiger partial charge in [0.1, 0.15) is 5.69 Å². The van der Waals surface area contributed by atoms with Crippen molar-refractivity contribution in [3.8, 4) is 0 Å². The second-order valence-corrected chi connectivity index (χ2v) is 4.00. The molecule has 0 aliphatic rings. The molecule has 2 rings (SSSR count). The highest BCUT2D eigenvalue weighted by molar-refractivity contribution is 6.07. The number of hydrogen-bond acceptors (Lipinski definition) is 3. The van der Waals surface area contributed by atoms with Crippen molar-refractivity contribution < 1.29 is 4.79 Å². The zero-order valence-corrected chi connectivity index (χ0v) is 10.3. The summed E-state index contributed by atoms with van der Waals surface area (Å²) in [6, 6.07) is 5.35. The first-order valence-corrected chi connectivity index (χ1v) is 5.63. The molecule has 17 heavy (non-hydrogen) atoms. The van der Waals surface area contributed by atoms with Crippen LogP contribution in [0.1, 0.15) is 34.4 Å². The maximum Gasteiger partial charge on any atom is 0.211 e. The van der Waals surface area contributed by atoms with Crippen molar-refractivity contribution in [1.29, 1.82) is 0 Å². The van der Waals surface area contributed by atoms with Crippen LogP contribution in [-0.4, -0.2) is 20.5 Å². The topological polar surface area (TPSA) is 47.8 Å². The normalized spacial score (nSPS) is 10.5. The zero-order valence-electron chi connectivity index (χ0n) is 10.3. The van der Waals surface area contributed by atoms with E-state index in [4.69, 9.17) is 0 Å². The van der Waals surface area contributed by atoms with Crippen molar-refractivity contribution in [2.45, 2.75) is 27.3 Å². The van der Waals surface area contributed by atoms with Crippen molar-refractivity contribution in [1.82, 2.24) is 14.8 Å². The van der Waals surface area contributed by atoms with Crippen LogP contribution in [0.3, 0.4) is 0 Å². The van der Waals surface area contributed by atoms with E-state index < -0.39 is 0 Å². The molecule has 88 valence electrons. The number of pyridine rings is 1. The van der Waals surface area contributed by atoms with Gasteiger partial charge in [-0.15, -0.1) is 0 Å². The fraction of sp³-hybridized carbons (Fsp3) is 0.308. The summed E-state index contributed by atoms with van der Waals surface area (Å²) in [7, 11) is 0. The Bertz CT molecular complexity index is 558. The Hall–Kier alpha value is -1.97. The van der Waals surface area contributed by atoms with Gasteiger partial charge in [-0.2, -0.15) is 5.10 Å². The standard InChI is InChI=1S/C13H15N3O/c1-4-16-12(8-10(3)15-16)13(17)11-5-6-14-9(2)7-11/h5-8H,4H2,1-3H3. The third-order valence-electron chi connectivity index (χ3n) is 2.59. The van der Waals surface area contributed by atoms with Crippen LogP contribution in [0.25, 0.3) is 0 Å². The predicted molar refractivity (Wildman–Crippen MR) is 65.0 cm³/mol. The first-order chi connectivity index (χ1) is 8.11. The summed E-state index contributed by atoms with van der Waals surface area (Å²) in [5.41, 5.74) is 3.00. The van der Waals surface area contributed by atoms with Crippen molar-refractivity contribution in [2.75, 3.05) is 0 Å². The summed E-state index contributed by atoms with van der Waals surface area (Å²) in [6.07, 6.45) is 1.65. The molecule has 0 radical (unpaired) electrons.